The molecule has 0 radical (unpaired) electrons. The van der Waals surface area contributed by atoms with Crippen molar-refractivity contribution in [3.63, 3.8) is 0 Å². The Kier molecular flexibility index (Phi) is 7.18. The summed E-state index contributed by atoms with van der Waals surface area (Å²) in [6, 6.07) is 6.77. The van der Waals surface area contributed by atoms with Crippen LogP contribution in [0, 0.1) is 24.4 Å². The minimum Gasteiger partial charge on any atom is -0.497 e. The first-order valence-electron chi connectivity index (χ1n) is 8.34. The van der Waals surface area contributed by atoms with E-state index in [1.165, 1.54) is 14.2 Å². The molecule has 0 aliphatic carbocycles. The number of carbonyl (C=O) groups excluding carboxylic acids is 2. The summed E-state index contributed by atoms with van der Waals surface area (Å²) in [6.07, 6.45) is 0.0307. The summed E-state index contributed by atoms with van der Waals surface area (Å²) in [5, 5.41) is 4.04. The first-order chi connectivity index (χ1) is 13.8. The van der Waals surface area contributed by atoms with Gasteiger partial charge in [-0.3, -0.25) is 20.0 Å². The number of nitrogens with zero attached hydrogens (tertiary/aromatic N) is 2. The van der Waals surface area contributed by atoms with Gasteiger partial charge in [0, 0.05) is 18.8 Å². The van der Waals surface area contributed by atoms with Gasteiger partial charge in [-0.2, -0.15) is 0 Å². The number of benzene rings is 2. The van der Waals surface area contributed by atoms with E-state index in [9.17, 15) is 22.8 Å². The third-order valence-corrected chi connectivity index (χ3v) is 3.90. The monoisotopic (exact) mass is 408 g/mol. The summed E-state index contributed by atoms with van der Waals surface area (Å²) >= 11 is 0. The van der Waals surface area contributed by atoms with Crippen LogP contribution >= 0.6 is 0 Å². The fourth-order valence-electron chi connectivity index (χ4n) is 2.44. The van der Waals surface area contributed by atoms with Gasteiger partial charge in [0.2, 0.25) is 12.2 Å². The van der Waals surface area contributed by atoms with Crippen LogP contribution in [0.2, 0.25) is 0 Å². The summed E-state index contributed by atoms with van der Waals surface area (Å²) in [5.41, 5.74) is 3.64. The number of carbonyl (C=O) groups is 2. The Hall–Kier alpha value is -3.56. The molecule has 0 spiro atoms. The average molecular weight is 408 g/mol. The van der Waals surface area contributed by atoms with E-state index < -0.39 is 23.4 Å². The van der Waals surface area contributed by atoms with Gasteiger partial charge in [0.05, 0.1) is 13.7 Å². The van der Waals surface area contributed by atoms with Crippen LogP contribution in [0.3, 0.4) is 0 Å². The number of amides is 1. The van der Waals surface area contributed by atoms with E-state index in [1.54, 1.807) is 18.2 Å². The number of nitrogens with one attached hydrogen (secondary N) is 2. The molecule has 2 aromatic carbocycles. The van der Waals surface area contributed by atoms with Crippen LogP contribution in [0.15, 0.2) is 35.3 Å². The minimum atomic E-state index is -1.60. The fraction of sp³-hybridized carbons (Fsp3) is 0.211. The molecular weight excluding hydrogens is 389 g/mol. The molecule has 10 heteroatoms. The number of rotatable bonds is 5. The summed E-state index contributed by atoms with van der Waals surface area (Å²) in [7, 11) is 2.90. The quantitative estimate of drug-likeness (QED) is 0.198. The summed E-state index contributed by atoms with van der Waals surface area (Å²) < 4.78 is 45.5. The Labute approximate surface area is 165 Å². The third-order valence-electron chi connectivity index (χ3n) is 3.90. The molecule has 0 heterocycles. The van der Waals surface area contributed by atoms with Gasteiger partial charge < -0.3 is 10.1 Å². The minimum absolute atomic E-state index is 0.00193. The summed E-state index contributed by atoms with van der Waals surface area (Å²) in [6.45, 7) is 1.50. The van der Waals surface area contributed by atoms with E-state index in [0.717, 1.165) is 22.7 Å². The molecule has 2 N–H and O–H groups in total. The zero-order chi connectivity index (χ0) is 21.6. The smallest absolute Gasteiger partial charge is 0.302 e. The van der Waals surface area contributed by atoms with E-state index in [0.29, 0.717) is 11.4 Å². The molecule has 0 saturated heterocycles. The zero-order valence-corrected chi connectivity index (χ0v) is 15.9. The lowest BCUT2D eigenvalue weighted by Gasteiger charge is -2.27. The molecule has 154 valence electrons. The second-order valence-electron chi connectivity index (χ2n) is 5.91. The molecule has 0 aliphatic rings. The summed E-state index contributed by atoms with van der Waals surface area (Å²) in [5.74, 6) is -4.77. The maximum absolute atomic E-state index is 13.5. The van der Waals surface area contributed by atoms with Crippen LogP contribution in [-0.2, 0) is 16.1 Å². The van der Waals surface area contributed by atoms with Crippen LogP contribution < -0.4 is 15.5 Å². The number of hydrogen-bond acceptors (Lipinski definition) is 4. The first kappa shape index (κ1) is 21.7. The topological polar surface area (TPSA) is 83.0 Å². The molecule has 0 fully saturated rings. The molecule has 2 rings (SSSR count). The van der Waals surface area contributed by atoms with E-state index in [2.05, 4.69) is 15.7 Å². The largest absolute Gasteiger partial charge is 0.497 e. The number of anilines is 1. The van der Waals surface area contributed by atoms with Gasteiger partial charge in [-0.1, -0.05) is 6.07 Å². The normalized spacial score (nSPS) is 11.0. The molecule has 0 atom stereocenters. The number of ether oxygens (including phenoxy) is 1. The average Bonchev–Trinajstić information content (AvgIpc) is 2.70. The highest BCUT2D eigenvalue weighted by Crippen LogP contribution is 2.22. The number of aliphatic imine (C=N–C) groups is 1. The van der Waals surface area contributed by atoms with Crippen molar-refractivity contribution in [3.8, 4) is 5.75 Å². The molecule has 0 bridgehead atoms. The van der Waals surface area contributed by atoms with Crippen LogP contribution in [0.4, 0.5) is 18.9 Å². The Morgan fingerprint density at radius 2 is 1.86 bits per heavy atom. The van der Waals surface area contributed by atoms with Crippen molar-refractivity contribution in [2.45, 2.75) is 13.5 Å². The van der Waals surface area contributed by atoms with E-state index in [4.69, 9.17) is 4.74 Å². The molecule has 0 saturated carbocycles. The predicted molar refractivity (Wildman–Crippen MR) is 101 cm³/mol. The molecular formula is C19H19F3N4O3. The van der Waals surface area contributed by atoms with Crippen molar-refractivity contribution in [2.24, 2.45) is 4.99 Å². The van der Waals surface area contributed by atoms with Gasteiger partial charge in [-0.05, 0) is 36.2 Å². The van der Waals surface area contributed by atoms with Gasteiger partial charge in [0.15, 0.2) is 17.5 Å². The standard InChI is InChI=1S/C19H19F3N4O3/c1-11-4-5-13(29-3)8-16(11)24-19(23-2)26(25-17(28)10-27)9-12-6-14(20)18(22)15(21)7-12/h4-8,10H,9H2,1-3H3,(H,23,24)(H,25,28). The number of hydrogen-bond donors (Lipinski definition) is 2. The van der Waals surface area contributed by atoms with Crippen molar-refractivity contribution >= 4 is 23.8 Å². The lowest BCUT2D eigenvalue weighted by Crippen LogP contribution is -2.49. The number of hydrazine groups is 1. The molecule has 0 aromatic heterocycles. The lowest BCUT2D eigenvalue weighted by atomic mass is 10.2. The highest BCUT2D eigenvalue weighted by Gasteiger charge is 2.18. The molecule has 1 amide bonds. The van der Waals surface area contributed by atoms with Crippen molar-refractivity contribution in [2.75, 3.05) is 19.5 Å². The molecule has 2 aromatic rings. The second kappa shape index (κ2) is 9.58. The highest BCUT2D eigenvalue weighted by molar-refractivity contribution is 6.23. The lowest BCUT2D eigenvalue weighted by molar-refractivity contribution is -0.133. The Morgan fingerprint density at radius 1 is 1.21 bits per heavy atom. The maximum Gasteiger partial charge on any atom is 0.302 e. The number of halogens is 3. The predicted octanol–water partition coefficient (Wildman–Crippen LogP) is 2.55. The molecule has 0 unspecified atom stereocenters. The molecule has 0 aliphatic heterocycles. The van der Waals surface area contributed by atoms with Crippen LogP contribution in [0.1, 0.15) is 11.1 Å². The van der Waals surface area contributed by atoms with E-state index in [1.807, 2.05) is 6.92 Å². The molecule has 29 heavy (non-hydrogen) atoms. The van der Waals surface area contributed by atoms with E-state index >= 15 is 0 Å². The van der Waals surface area contributed by atoms with Crippen LogP contribution in [0.5, 0.6) is 5.75 Å². The zero-order valence-electron chi connectivity index (χ0n) is 15.9. The van der Waals surface area contributed by atoms with Gasteiger partial charge >= 0.3 is 5.91 Å². The Bertz CT molecular complexity index is 927. The van der Waals surface area contributed by atoms with Gasteiger partial charge in [-0.15, -0.1) is 0 Å². The van der Waals surface area contributed by atoms with Crippen molar-refractivity contribution in [1.29, 1.82) is 0 Å². The Balaban J connectivity index is 2.36. The number of aryl methyl sites for hydroxylation is 1. The van der Waals surface area contributed by atoms with Crippen molar-refractivity contribution in [3.05, 3.63) is 58.9 Å². The highest BCUT2D eigenvalue weighted by atomic mass is 19.2. The van der Waals surface area contributed by atoms with Crippen molar-refractivity contribution in [1.82, 2.24) is 10.4 Å². The maximum atomic E-state index is 13.5. The van der Waals surface area contributed by atoms with Crippen molar-refractivity contribution < 1.29 is 27.5 Å². The molecule has 7 nitrogen and oxygen atoms in total. The SMILES string of the molecule is CN=C(Nc1cc(OC)ccc1C)N(Cc1cc(F)c(F)c(F)c1)NC(=O)C=O. The van der Waals surface area contributed by atoms with E-state index in [-0.39, 0.29) is 24.4 Å². The second-order valence-corrected chi connectivity index (χ2v) is 5.91. The number of guanidine groups is 1. The van der Waals surface area contributed by atoms with Crippen LogP contribution in [0.25, 0.3) is 0 Å². The first-order valence-corrected chi connectivity index (χ1v) is 8.34. The number of methoxy groups -OCH3 is 1. The fourth-order valence-corrected chi connectivity index (χ4v) is 2.44. The third kappa shape index (κ3) is 5.47. The van der Waals surface area contributed by atoms with Crippen LogP contribution in [-0.4, -0.2) is 37.3 Å². The van der Waals surface area contributed by atoms with Gasteiger partial charge in [-0.25, -0.2) is 18.2 Å². The van der Waals surface area contributed by atoms with Gasteiger partial charge in [0.25, 0.3) is 0 Å². The Morgan fingerprint density at radius 3 is 2.41 bits per heavy atom. The number of aldehydes is 1. The van der Waals surface area contributed by atoms with Gasteiger partial charge in [0.1, 0.15) is 5.75 Å². The summed E-state index contributed by atoms with van der Waals surface area (Å²) in [4.78, 5) is 26.4.